The molecule has 164 valence electrons. The van der Waals surface area contributed by atoms with Crippen LogP contribution in [0.3, 0.4) is 0 Å². The highest BCUT2D eigenvalue weighted by Gasteiger charge is 2.43. The lowest BCUT2D eigenvalue weighted by Gasteiger charge is -2.35. The fraction of sp³-hybridized carbons (Fsp3) is 1.00. The molecule has 0 radical (unpaired) electrons. The maximum Gasteiger partial charge on any atom is 0.500 e. The van der Waals surface area contributed by atoms with E-state index in [2.05, 4.69) is 20.8 Å². The Hall–Kier alpha value is 0.0569. The van der Waals surface area contributed by atoms with Crippen molar-refractivity contribution in [1.82, 2.24) is 0 Å². The van der Waals surface area contributed by atoms with Crippen molar-refractivity contribution in [1.29, 1.82) is 0 Å². The third-order valence-corrected chi connectivity index (χ3v) is 8.75. The fourth-order valence-corrected chi connectivity index (χ4v) is 6.10. The zero-order valence-corrected chi connectivity index (χ0v) is 20.3. The van der Waals surface area contributed by atoms with Gasteiger partial charge in [0.1, 0.15) is 0 Å². The molecule has 2 N–H and O–H groups in total. The van der Waals surface area contributed by atoms with E-state index in [-0.39, 0.29) is 5.54 Å². The first-order valence-electron chi connectivity index (χ1n) is 11.3. The monoisotopic (exact) mass is 403 g/mol. The minimum absolute atomic E-state index is 0.244. The number of rotatable bonds is 19. The molecule has 0 aromatic rings. The van der Waals surface area contributed by atoms with Crippen molar-refractivity contribution in [2.45, 2.75) is 116 Å². The molecular weight excluding hydrogens is 354 g/mol. The molecule has 0 aliphatic carbocycles. The lowest BCUT2D eigenvalue weighted by Crippen LogP contribution is -2.50. The average Bonchev–Trinajstić information content (AvgIpc) is 2.64. The van der Waals surface area contributed by atoms with Gasteiger partial charge in [0.15, 0.2) is 0 Å². The Bertz CT molecular complexity index is 322. The maximum atomic E-state index is 6.45. The highest BCUT2D eigenvalue weighted by Crippen LogP contribution is 2.31. The minimum Gasteiger partial charge on any atom is -0.377 e. The third-order valence-electron chi connectivity index (χ3n) is 5.89. The SMILES string of the molecule is CCCCCCCCCCCCCCC(C[Si](OC)(OC)OC)C(C)(C)N. The summed E-state index contributed by atoms with van der Waals surface area (Å²) in [5.41, 5.74) is 6.20. The minimum atomic E-state index is -2.57. The summed E-state index contributed by atoms with van der Waals surface area (Å²) in [4.78, 5) is 0. The number of hydrogen-bond donors (Lipinski definition) is 1. The molecule has 0 saturated carbocycles. The van der Waals surface area contributed by atoms with E-state index in [1.54, 1.807) is 21.3 Å². The van der Waals surface area contributed by atoms with Crippen molar-refractivity contribution in [2.75, 3.05) is 21.3 Å². The number of nitrogens with two attached hydrogens (primary N) is 1. The normalized spacial score (nSPS) is 13.9. The largest absolute Gasteiger partial charge is 0.500 e. The summed E-state index contributed by atoms with van der Waals surface area (Å²) >= 11 is 0. The van der Waals surface area contributed by atoms with Gasteiger partial charge in [-0.3, -0.25) is 0 Å². The van der Waals surface area contributed by atoms with Gasteiger partial charge in [0.25, 0.3) is 0 Å². The van der Waals surface area contributed by atoms with Gasteiger partial charge in [-0.2, -0.15) is 0 Å². The second-order valence-electron chi connectivity index (χ2n) is 8.70. The van der Waals surface area contributed by atoms with Gasteiger partial charge in [-0.05, 0) is 26.2 Å². The van der Waals surface area contributed by atoms with Gasteiger partial charge in [0.2, 0.25) is 0 Å². The molecule has 0 aliphatic rings. The molecule has 0 rings (SSSR count). The molecule has 27 heavy (non-hydrogen) atoms. The molecule has 0 heterocycles. The fourth-order valence-electron chi connectivity index (χ4n) is 3.77. The zero-order valence-electron chi connectivity index (χ0n) is 19.3. The second kappa shape index (κ2) is 15.9. The summed E-state index contributed by atoms with van der Waals surface area (Å²) in [6.45, 7) is 6.50. The van der Waals surface area contributed by atoms with Crippen LogP contribution in [0.25, 0.3) is 0 Å². The van der Waals surface area contributed by atoms with Crippen LogP contribution in [0.4, 0.5) is 0 Å². The standard InChI is InChI=1S/C22H49NO3Si/c1-7-8-9-10-11-12-13-14-15-16-17-18-19-21(22(2,3)23)20-27(24-4,25-5)26-6/h21H,7-20,23H2,1-6H3. The summed E-state index contributed by atoms with van der Waals surface area (Å²) < 4.78 is 16.8. The van der Waals surface area contributed by atoms with E-state index < -0.39 is 8.80 Å². The van der Waals surface area contributed by atoms with E-state index in [9.17, 15) is 0 Å². The Balaban J connectivity index is 3.93. The molecule has 0 amide bonds. The summed E-state index contributed by atoms with van der Waals surface area (Å²) in [6, 6.07) is 0.790. The van der Waals surface area contributed by atoms with Crippen molar-refractivity contribution >= 4 is 8.80 Å². The molecule has 0 saturated heterocycles. The first kappa shape index (κ1) is 27.1. The summed E-state index contributed by atoms with van der Waals surface area (Å²) in [7, 11) is 2.48. The molecule has 1 unspecified atom stereocenters. The third kappa shape index (κ3) is 13.0. The summed E-state index contributed by atoms with van der Waals surface area (Å²) in [5, 5.41) is 0. The molecule has 5 heteroatoms. The van der Waals surface area contributed by atoms with Crippen molar-refractivity contribution < 1.29 is 13.3 Å². The predicted molar refractivity (Wildman–Crippen MR) is 119 cm³/mol. The number of unbranched alkanes of at least 4 members (excludes halogenated alkanes) is 11. The quantitative estimate of drug-likeness (QED) is 0.203. The van der Waals surface area contributed by atoms with E-state index in [1.165, 1.54) is 77.0 Å². The lowest BCUT2D eigenvalue weighted by atomic mass is 9.85. The molecule has 0 spiro atoms. The Morgan fingerprint density at radius 3 is 1.41 bits per heavy atom. The Kier molecular flexibility index (Phi) is 16.0. The molecule has 1 atom stereocenters. The molecule has 0 fully saturated rings. The molecular formula is C22H49NO3Si. The van der Waals surface area contributed by atoms with E-state index in [1.807, 2.05) is 0 Å². The average molecular weight is 404 g/mol. The van der Waals surface area contributed by atoms with E-state index >= 15 is 0 Å². The maximum absolute atomic E-state index is 6.45. The summed E-state index contributed by atoms with van der Waals surface area (Å²) in [6.07, 6.45) is 17.6. The van der Waals surface area contributed by atoms with Crippen LogP contribution in [0.2, 0.25) is 6.04 Å². The van der Waals surface area contributed by atoms with Crippen LogP contribution in [0.1, 0.15) is 104 Å². The van der Waals surface area contributed by atoms with Gasteiger partial charge in [-0.25, -0.2) is 0 Å². The van der Waals surface area contributed by atoms with Crippen molar-refractivity contribution in [3.63, 3.8) is 0 Å². The van der Waals surface area contributed by atoms with Crippen LogP contribution in [0, 0.1) is 5.92 Å². The van der Waals surface area contributed by atoms with Crippen LogP contribution in [0.5, 0.6) is 0 Å². The molecule has 0 bridgehead atoms. The number of hydrogen-bond acceptors (Lipinski definition) is 4. The van der Waals surface area contributed by atoms with Gasteiger partial charge >= 0.3 is 8.80 Å². The molecule has 0 aromatic heterocycles. The van der Waals surface area contributed by atoms with Gasteiger partial charge in [-0.1, -0.05) is 84.0 Å². The van der Waals surface area contributed by atoms with Crippen LogP contribution in [0.15, 0.2) is 0 Å². The van der Waals surface area contributed by atoms with Gasteiger partial charge < -0.3 is 19.0 Å². The molecule has 0 aromatic carbocycles. The highest BCUT2D eigenvalue weighted by molar-refractivity contribution is 6.60. The predicted octanol–water partition coefficient (Wildman–Crippen LogP) is 6.31. The molecule has 0 aliphatic heterocycles. The zero-order chi connectivity index (χ0) is 20.6. The first-order valence-corrected chi connectivity index (χ1v) is 13.2. The van der Waals surface area contributed by atoms with Crippen LogP contribution in [-0.2, 0) is 13.3 Å². The van der Waals surface area contributed by atoms with E-state index in [4.69, 9.17) is 19.0 Å². The van der Waals surface area contributed by atoms with Crippen LogP contribution in [-0.4, -0.2) is 35.7 Å². The summed E-state index contributed by atoms with van der Waals surface area (Å²) in [5.74, 6) is 0.354. The highest BCUT2D eigenvalue weighted by atomic mass is 28.4. The van der Waals surface area contributed by atoms with Gasteiger partial charge in [0, 0.05) is 32.9 Å². The topological polar surface area (TPSA) is 53.7 Å². The first-order chi connectivity index (χ1) is 12.8. The van der Waals surface area contributed by atoms with Gasteiger partial charge in [0.05, 0.1) is 0 Å². The van der Waals surface area contributed by atoms with Crippen molar-refractivity contribution in [2.24, 2.45) is 11.7 Å². The van der Waals surface area contributed by atoms with Gasteiger partial charge in [-0.15, -0.1) is 0 Å². The van der Waals surface area contributed by atoms with E-state index in [0.29, 0.717) is 5.92 Å². The Morgan fingerprint density at radius 1 is 0.704 bits per heavy atom. The van der Waals surface area contributed by atoms with Crippen molar-refractivity contribution in [3.8, 4) is 0 Å². The smallest absolute Gasteiger partial charge is 0.377 e. The Morgan fingerprint density at radius 2 is 1.07 bits per heavy atom. The van der Waals surface area contributed by atoms with Crippen LogP contribution >= 0.6 is 0 Å². The van der Waals surface area contributed by atoms with E-state index in [0.717, 1.165) is 12.5 Å². The van der Waals surface area contributed by atoms with Crippen LogP contribution < -0.4 is 5.73 Å². The lowest BCUT2D eigenvalue weighted by molar-refractivity contribution is 0.111. The Labute approximate surface area is 171 Å². The second-order valence-corrected chi connectivity index (χ2v) is 11.7. The van der Waals surface area contributed by atoms with Crippen molar-refractivity contribution in [3.05, 3.63) is 0 Å². The molecule has 4 nitrogen and oxygen atoms in total.